The first-order valence-electron chi connectivity index (χ1n) is 8.57. The van der Waals surface area contributed by atoms with E-state index in [-0.39, 0.29) is 17.8 Å². The summed E-state index contributed by atoms with van der Waals surface area (Å²) >= 11 is 8.11. The molecule has 1 aromatic carbocycles. The van der Waals surface area contributed by atoms with E-state index in [0.717, 1.165) is 28.8 Å². The van der Waals surface area contributed by atoms with Crippen molar-refractivity contribution in [2.45, 2.75) is 18.5 Å². The molecule has 3 aromatic rings. The van der Waals surface area contributed by atoms with Gasteiger partial charge >= 0.3 is 0 Å². The van der Waals surface area contributed by atoms with Crippen LogP contribution in [0.1, 0.15) is 16.9 Å². The fraction of sp³-hybridized carbons (Fsp3) is 0.278. The molecule has 0 unspecified atom stereocenters. The molecule has 6 N–H and O–H groups in total. The van der Waals surface area contributed by atoms with Gasteiger partial charge in [-0.1, -0.05) is 17.7 Å². The van der Waals surface area contributed by atoms with E-state index < -0.39 is 5.91 Å². The van der Waals surface area contributed by atoms with Crippen molar-refractivity contribution < 1.29 is 4.79 Å². The summed E-state index contributed by atoms with van der Waals surface area (Å²) in [5.74, 6) is 1.88. The highest BCUT2D eigenvalue weighted by molar-refractivity contribution is 7.99. The van der Waals surface area contributed by atoms with E-state index in [0.29, 0.717) is 22.2 Å². The number of thioether (sulfide) groups is 1. The second-order valence-corrected chi connectivity index (χ2v) is 8.04. The molecule has 0 aliphatic carbocycles. The van der Waals surface area contributed by atoms with Gasteiger partial charge in [-0.15, -0.1) is 0 Å². The molecular weight excluding hydrogens is 384 g/mol. The predicted molar refractivity (Wildman–Crippen MR) is 110 cm³/mol. The van der Waals surface area contributed by atoms with Crippen molar-refractivity contribution in [3.8, 4) is 11.4 Å². The van der Waals surface area contributed by atoms with Gasteiger partial charge in [-0.05, 0) is 30.4 Å². The third-order valence-electron chi connectivity index (χ3n) is 4.61. The minimum absolute atomic E-state index is 0.0548. The molecule has 2 aromatic heterocycles. The molecule has 9 heteroatoms. The first kappa shape index (κ1) is 18.1. The number of benzene rings is 1. The van der Waals surface area contributed by atoms with E-state index >= 15 is 0 Å². The van der Waals surface area contributed by atoms with Crippen LogP contribution in [-0.2, 0) is 0 Å². The molecule has 1 aliphatic heterocycles. The Hall–Kier alpha value is -2.29. The monoisotopic (exact) mass is 402 g/mol. The van der Waals surface area contributed by atoms with E-state index in [2.05, 4.69) is 20.3 Å². The lowest BCUT2D eigenvalue weighted by molar-refractivity contribution is 0.0996. The number of carbonyl (C=O) groups excluding carboxylic acids is 1. The Morgan fingerprint density at radius 3 is 3.00 bits per heavy atom. The molecule has 7 nitrogen and oxygen atoms in total. The van der Waals surface area contributed by atoms with Crippen molar-refractivity contribution in [2.75, 3.05) is 16.8 Å². The number of nitrogens with two attached hydrogens (primary N) is 2. The molecule has 3 heterocycles. The predicted octanol–water partition coefficient (Wildman–Crippen LogP) is 2.62. The normalized spacial score (nSPS) is 19.9. The summed E-state index contributed by atoms with van der Waals surface area (Å²) in [6.45, 7) is 0. The van der Waals surface area contributed by atoms with Gasteiger partial charge in [-0.2, -0.15) is 11.8 Å². The average Bonchev–Trinajstić information content (AvgIpc) is 3.09. The Morgan fingerprint density at radius 1 is 1.41 bits per heavy atom. The van der Waals surface area contributed by atoms with Crippen molar-refractivity contribution in [3.05, 3.63) is 41.2 Å². The van der Waals surface area contributed by atoms with Crippen LogP contribution in [-0.4, -0.2) is 44.4 Å². The molecule has 0 saturated carbocycles. The van der Waals surface area contributed by atoms with Gasteiger partial charge in [0.15, 0.2) is 5.69 Å². The number of hydrogen-bond donors (Lipinski definition) is 4. The highest BCUT2D eigenvalue weighted by Gasteiger charge is 2.24. The van der Waals surface area contributed by atoms with Crippen LogP contribution in [0.3, 0.4) is 0 Å². The van der Waals surface area contributed by atoms with Gasteiger partial charge in [0.2, 0.25) is 0 Å². The minimum atomic E-state index is -0.640. The molecule has 4 rings (SSSR count). The third kappa shape index (κ3) is 3.60. The van der Waals surface area contributed by atoms with E-state index in [9.17, 15) is 4.79 Å². The molecule has 0 bridgehead atoms. The Bertz CT molecular complexity index is 1010. The summed E-state index contributed by atoms with van der Waals surface area (Å²) in [6, 6.07) is 7.57. The number of hydrogen-bond acceptors (Lipinski definition) is 6. The number of fused-ring (bicyclic) bond motifs is 1. The van der Waals surface area contributed by atoms with Gasteiger partial charge in [0.05, 0.1) is 17.9 Å². The number of aromatic amines is 1. The van der Waals surface area contributed by atoms with Crippen molar-refractivity contribution in [2.24, 2.45) is 11.5 Å². The van der Waals surface area contributed by atoms with Crippen LogP contribution in [0.4, 0.5) is 5.82 Å². The quantitative estimate of drug-likeness (QED) is 0.532. The highest BCUT2D eigenvalue weighted by atomic mass is 35.5. The first-order valence-corrected chi connectivity index (χ1v) is 10.1. The molecule has 1 saturated heterocycles. The summed E-state index contributed by atoms with van der Waals surface area (Å²) in [6.07, 6.45) is 2.47. The molecule has 1 aliphatic rings. The van der Waals surface area contributed by atoms with Crippen molar-refractivity contribution in [1.29, 1.82) is 0 Å². The minimum Gasteiger partial charge on any atom is -0.364 e. The lowest BCUT2D eigenvalue weighted by Crippen LogP contribution is -2.45. The number of carbonyl (C=O) groups is 1. The van der Waals surface area contributed by atoms with Crippen LogP contribution >= 0.6 is 23.4 Å². The van der Waals surface area contributed by atoms with Gasteiger partial charge in [-0.3, -0.25) is 4.79 Å². The van der Waals surface area contributed by atoms with Crippen molar-refractivity contribution in [1.82, 2.24) is 15.0 Å². The third-order valence-corrected chi connectivity index (χ3v) is 6.06. The Labute approximate surface area is 165 Å². The fourth-order valence-corrected chi connectivity index (χ4v) is 4.58. The molecule has 1 fully saturated rings. The molecule has 0 spiro atoms. The van der Waals surface area contributed by atoms with Crippen molar-refractivity contribution in [3.63, 3.8) is 0 Å². The maximum absolute atomic E-state index is 11.9. The SMILES string of the molecule is NC(=O)c1ncc(N[C@@H]2CSCC[C@@H]2N)nc1-c1cc2c(Cl)cccc2[nH]1. The summed E-state index contributed by atoms with van der Waals surface area (Å²) < 4.78 is 0. The summed E-state index contributed by atoms with van der Waals surface area (Å²) in [5, 5.41) is 4.80. The van der Waals surface area contributed by atoms with Gasteiger partial charge in [0.25, 0.3) is 5.91 Å². The zero-order valence-corrected chi connectivity index (χ0v) is 16.0. The number of aromatic nitrogens is 3. The number of halogens is 1. The van der Waals surface area contributed by atoms with Crippen LogP contribution in [0.15, 0.2) is 30.5 Å². The maximum Gasteiger partial charge on any atom is 0.269 e. The molecule has 27 heavy (non-hydrogen) atoms. The Kier molecular flexibility index (Phi) is 4.94. The van der Waals surface area contributed by atoms with Gasteiger partial charge < -0.3 is 21.8 Å². The number of primary amides is 1. The topological polar surface area (TPSA) is 123 Å². The summed E-state index contributed by atoms with van der Waals surface area (Å²) in [5.41, 5.74) is 13.7. The van der Waals surface area contributed by atoms with Gasteiger partial charge in [-0.25, -0.2) is 9.97 Å². The summed E-state index contributed by atoms with van der Waals surface area (Å²) in [7, 11) is 0. The van der Waals surface area contributed by atoms with E-state index in [1.54, 1.807) is 0 Å². The van der Waals surface area contributed by atoms with Gasteiger partial charge in [0.1, 0.15) is 11.5 Å². The molecule has 1 amide bonds. The number of rotatable bonds is 4. The largest absolute Gasteiger partial charge is 0.364 e. The average molecular weight is 403 g/mol. The number of H-pyrrole nitrogens is 1. The lowest BCUT2D eigenvalue weighted by atomic mass is 10.1. The fourth-order valence-electron chi connectivity index (χ4n) is 3.17. The van der Waals surface area contributed by atoms with Crippen molar-refractivity contribution >= 4 is 46.0 Å². The van der Waals surface area contributed by atoms with Crippen LogP contribution in [0.5, 0.6) is 0 Å². The molecule has 140 valence electrons. The number of nitrogens with zero attached hydrogens (tertiary/aromatic N) is 2. The Morgan fingerprint density at radius 2 is 2.26 bits per heavy atom. The number of nitrogens with one attached hydrogen (secondary N) is 2. The van der Waals surface area contributed by atoms with E-state index in [4.69, 9.17) is 23.1 Å². The second-order valence-electron chi connectivity index (χ2n) is 6.48. The lowest BCUT2D eigenvalue weighted by Gasteiger charge is -2.29. The second kappa shape index (κ2) is 7.38. The standard InChI is InChI=1S/C18H19ClN6OS/c19-10-2-1-3-12-9(10)6-13(23-12)16-17(18(21)26)22-7-15(25-16)24-14-8-27-5-4-11(14)20/h1-3,6-7,11,14,23H,4-5,8,20H2,(H2,21,26)(H,24,25)/t11-,14+/m0/s1. The summed E-state index contributed by atoms with van der Waals surface area (Å²) in [4.78, 5) is 23.9. The Balaban J connectivity index is 1.75. The molecular formula is C18H19ClN6OS. The highest BCUT2D eigenvalue weighted by Crippen LogP contribution is 2.30. The smallest absolute Gasteiger partial charge is 0.269 e. The van der Waals surface area contributed by atoms with Crippen LogP contribution in [0.2, 0.25) is 5.02 Å². The zero-order valence-electron chi connectivity index (χ0n) is 14.4. The molecule has 2 atom stereocenters. The number of amides is 1. The number of anilines is 1. The van der Waals surface area contributed by atoms with Crippen LogP contribution in [0.25, 0.3) is 22.3 Å². The zero-order chi connectivity index (χ0) is 19.0. The first-order chi connectivity index (χ1) is 13.0. The maximum atomic E-state index is 11.9. The van der Waals surface area contributed by atoms with Gasteiger partial charge in [0, 0.05) is 27.7 Å². The van der Waals surface area contributed by atoms with E-state index in [1.165, 1.54) is 6.20 Å². The van der Waals surface area contributed by atoms with E-state index in [1.807, 2.05) is 36.0 Å². The van der Waals surface area contributed by atoms with Crippen LogP contribution < -0.4 is 16.8 Å². The molecule has 0 radical (unpaired) electrons. The van der Waals surface area contributed by atoms with Crippen LogP contribution in [0, 0.1) is 0 Å².